The first-order chi connectivity index (χ1) is 13.8. The summed E-state index contributed by atoms with van der Waals surface area (Å²) in [7, 11) is -2.29. The topological polar surface area (TPSA) is 149 Å². The predicted molar refractivity (Wildman–Crippen MR) is 108 cm³/mol. The maximum Gasteiger partial charge on any atom is 0.283 e. The Hall–Kier alpha value is -3.51. The number of sulfonamides is 1. The van der Waals surface area contributed by atoms with Crippen molar-refractivity contribution in [3.8, 4) is 11.6 Å². The number of aromatic hydroxyl groups is 1. The lowest BCUT2D eigenvalue weighted by Crippen LogP contribution is -2.12. The van der Waals surface area contributed by atoms with Gasteiger partial charge >= 0.3 is 0 Å². The normalized spacial score (nSPS) is 11.5. The summed E-state index contributed by atoms with van der Waals surface area (Å²) in [6.07, 6.45) is 0. The average Bonchev–Trinajstić information content (AvgIpc) is 2.68. The summed E-state index contributed by atoms with van der Waals surface area (Å²) in [4.78, 5) is 16.4. The Balaban J connectivity index is 1.78. The molecule has 0 bridgehead atoms. The van der Waals surface area contributed by atoms with Crippen molar-refractivity contribution in [3.05, 3.63) is 63.7 Å². The summed E-state index contributed by atoms with van der Waals surface area (Å²) in [6.45, 7) is 0. The molecule has 10 nitrogen and oxygen atoms in total. The Kier molecular flexibility index (Phi) is 5.75. The summed E-state index contributed by atoms with van der Waals surface area (Å²) in [5.74, 6) is 0.0814. The van der Waals surface area contributed by atoms with E-state index in [9.17, 15) is 18.3 Å². The predicted octanol–water partition coefficient (Wildman–Crippen LogP) is 3.36. The number of rotatable bonds is 6. The Labute approximate surface area is 170 Å². The van der Waals surface area contributed by atoms with Gasteiger partial charge in [0.05, 0.1) is 17.7 Å². The molecule has 0 spiro atoms. The van der Waals surface area contributed by atoms with Crippen LogP contribution in [0.4, 0.5) is 17.1 Å². The van der Waals surface area contributed by atoms with Crippen LogP contribution >= 0.6 is 12.2 Å². The molecule has 0 saturated carbocycles. The van der Waals surface area contributed by atoms with Crippen molar-refractivity contribution in [2.75, 3.05) is 11.8 Å². The highest BCUT2D eigenvalue weighted by molar-refractivity contribution is 7.92. The van der Waals surface area contributed by atoms with Crippen molar-refractivity contribution in [3.63, 3.8) is 0 Å². The van der Waals surface area contributed by atoms with Crippen LogP contribution in [0.1, 0.15) is 0 Å². The molecular weight excluding hydrogens is 418 g/mol. The van der Waals surface area contributed by atoms with E-state index in [0.29, 0.717) is 11.4 Å². The molecule has 0 atom stereocenters. The van der Waals surface area contributed by atoms with E-state index in [1.54, 1.807) is 24.3 Å². The lowest BCUT2D eigenvalue weighted by Gasteiger charge is -2.08. The molecule has 0 saturated heterocycles. The van der Waals surface area contributed by atoms with Crippen LogP contribution in [0.3, 0.4) is 0 Å². The fraction of sp³-hybridized carbons (Fsp3) is 0.0588. The third-order valence-electron chi connectivity index (χ3n) is 3.65. The number of aromatic nitrogens is 2. The van der Waals surface area contributed by atoms with Crippen LogP contribution < -0.4 is 15.0 Å². The molecule has 0 aliphatic heterocycles. The highest BCUT2D eigenvalue weighted by Crippen LogP contribution is 2.24. The SMILES string of the molecule is COc1ccc(NS(=O)(=O)c2ccc(N=Nc3c(O)[nH]c(=S)[nH]c3=O)cc2)cc1. The van der Waals surface area contributed by atoms with E-state index in [1.807, 2.05) is 0 Å². The molecule has 29 heavy (non-hydrogen) atoms. The van der Waals surface area contributed by atoms with Crippen LogP contribution in [-0.4, -0.2) is 30.6 Å². The molecule has 150 valence electrons. The van der Waals surface area contributed by atoms with E-state index >= 15 is 0 Å². The van der Waals surface area contributed by atoms with Gasteiger partial charge in [0, 0.05) is 5.69 Å². The quantitative estimate of drug-likeness (QED) is 0.346. The molecule has 1 heterocycles. The monoisotopic (exact) mass is 433 g/mol. The van der Waals surface area contributed by atoms with Crippen LogP contribution in [0.2, 0.25) is 0 Å². The van der Waals surface area contributed by atoms with Crippen molar-refractivity contribution >= 4 is 39.3 Å². The Morgan fingerprint density at radius 2 is 1.69 bits per heavy atom. The van der Waals surface area contributed by atoms with Crippen LogP contribution in [-0.2, 0) is 10.0 Å². The molecule has 0 unspecified atom stereocenters. The van der Waals surface area contributed by atoms with Gasteiger partial charge in [-0.15, -0.1) is 5.11 Å². The number of benzene rings is 2. The van der Waals surface area contributed by atoms with Gasteiger partial charge in [-0.3, -0.25) is 14.5 Å². The number of nitrogens with zero attached hydrogens (tertiary/aromatic N) is 2. The van der Waals surface area contributed by atoms with Crippen LogP contribution in [0.5, 0.6) is 11.6 Å². The fourth-order valence-electron chi connectivity index (χ4n) is 2.23. The highest BCUT2D eigenvalue weighted by Gasteiger charge is 2.14. The third-order valence-corrected chi connectivity index (χ3v) is 5.25. The van der Waals surface area contributed by atoms with Gasteiger partial charge in [-0.05, 0) is 60.7 Å². The Bertz CT molecular complexity index is 1260. The van der Waals surface area contributed by atoms with Crippen molar-refractivity contribution in [1.82, 2.24) is 9.97 Å². The standard InChI is InChI=1S/C17H15N5O5S2/c1-27-12-6-2-11(3-7-12)22-29(25,26)13-8-4-10(5-9-13)20-21-14-15(23)18-17(28)19-16(14)24/h2-9,22H,1H3,(H3,18,19,23,24,28). The maximum absolute atomic E-state index is 12.5. The molecule has 0 aliphatic carbocycles. The zero-order valence-electron chi connectivity index (χ0n) is 14.9. The number of ether oxygens (including phenoxy) is 1. The van der Waals surface area contributed by atoms with Gasteiger partial charge in [0.1, 0.15) is 5.75 Å². The van der Waals surface area contributed by atoms with E-state index in [1.165, 1.54) is 31.4 Å². The summed E-state index contributed by atoms with van der Waals surface area (Å²) in [6, 6.07) is 11.9. The first kappa shape index (κ1) is 20.2. The summed E-state index contributed by atoms with van der Waals surface area (Å²) >= 11 is 4.72. The third kappa shape index (κ3) is 4.86. The number of H-pyrrole nitrogens is 2. The number of hydrogen-bond donors (Lipinski definition) is 4. The molecule has 12 heteroatoms. The molecule has 0 radical (unpaired) electrons. The highest BCUT2D eigenvalue weighted by atomic mass is 32.2. The molecule has 0 aliphatic rings. The number of hydrogen-bond acceptors (Lipinski definition) is 8. The largest absolute Gasteiger partial charge is 0.497 e. The lowest BCUT2D eigenvalue weighted by atomic mass is 10.3. The van der Waals surface area contributed by atoms with Gasteiger partial charge in [0.25, 0.3) is 15.6 Å². The zero-order valence-corrected chi connectivity index (χ0v) is 16.5. The number of azo groups is 1. The van der Waals surface area contributed by atoms with E-state index in [2.05, 4.69) is 24.9 Å². The second-order valence-corrected chi connectivity index (χ2v) is 7.72. The molecule has 0 amide bonds. The van der Waals surface area contributed by atoms with Gasteiger partial charge in [-0.1, -0.05) is 0 Å². The molecule has 0 fully saturated rings. The molecule has 1 aromatic heterocycles. The van der Waals surface area contributed by atoms with Crippen molar-refractivity contribution in [2.45, 2.75) is 4.90 Å². The number of aromatic amines is 2. The molecular formula is C17H15N5O5S2. The van der Waals surface area contributed by atoms with Gasteiger partial charge in [-0.25, -0.2) is 8.42 Å². The maximum atomic E-state index is 12.5. The van der Waals surface area contributed by atoms with Crippen LogP contribution in [0, 0.1) is 4.77 Å². The minimum absolute atomic E-state index is 0.0109. The number of nitrogens with one attached hydrogen (secondary N) is 3. The van der Waals surface area contributed by atoms with Crippen molar-refractivity contribution < 1.29 is 18.3 Å². The first-order valence-corrected chi connectivity index (χ1v) is 9.92. The van der Waals surface area contributed by atoms with E-state index in [4.69, 9.17) is 17.0 Å². The molecule has 2 aromatic carbocycles. The molecule has 3 aromatic rings. The smallest absolute Gasteiger partial charge is 0.283 e. The first-order valence-electron chi connectivity index (χ1n) is 8.03. The summed E-state index contributed by atoms with van der Waals surface area (Å²) < 4.78 is 32.4. The van der Waals surface area contributed by atoms with Crippen molar-refractivity contribution in [1.29, 1.82) is 0 Å². The van der Waals surface area contributed by atoms with Gasteiger partial charge in [-0.2, -0.15) is 5.11 Å². The van der Waals surface area contributed by atoms with Crippen LogP contribution in [0.25, 0.3) is 0 Å². The van der Waals surface area contributed by atoms with E-state index < -0.39 is 21.5 Å². The minimum Gasteiger partial charge on any atom is -0.497 e. The fourth-order valence-corrected chi connectivity index (χ4v) is 3.48. The lowest BCUT2D eigenvalue weighted by molar-refractivity contribution is 0.415. The second-order valence-electron chi connectivity index (χ2n) is 5.63. The minimum atomic E-state index is -3.81. The summed E-state index contributed by atoms with van der Waals surface area (Å²) in [5, 5.41) is 17.2. The Morgan fingerprint density at radius 1 is 1.03 bits per heavy atom. The second kappa shape index (κ2) is 8.24. The molecule has 4 N–H and O–H groups in total. The zero-order chi connectivity index (χ0) is 21.0. The van der Waals surface area contributed by atoms with Crippen LogP contribution in [0.15, 0.2) is 68.4 Å². The Morgan fingerprint density at radius 3 is 2.28 bits per heavy atom. The van der Waals surface area contributed by atoms with E-state index in [0.717, 1.165) is 0 Å². The van der Waals surface area contributed by atoms with Gasteiger partial charge < -0.3 is 14.8 Å². The number of anilines is 1. The van der Waals surface area contributed by atoms with Gasteiger partial charge in [0.2, 0.25) is 11.6 Å². The molecule has 3 rings (SSSR count). The van der Waals surface area contributed by atoms with Gasteiger partial charge in [0.15, 0.2) is 4.77 Å². The summed E-state index contributed by atoms with van der Waals surface area (Å²) in [5.41, 5.74) is -0.408. The number of methoxy groups -OCH3 is 1. The van der Waals surface area contributed by atoms with E-state index in [-0.39, 0.29) is 21.0 Å². The average molecular weight is 433 g/mol. The van der Waals surface area contributed by atoms with Crippen molar-refractivity contribution in [2.24, 2.45) is 10.2 Å².